The second-order valence-corrected chi connectivity index (χ2v) is 12.3. The molecule has 2 rings (SSSR count). The minimum Gasteiger partial charge on any atom is -0.313 e. The molecular formula is C22H21F9IOP. The third-order valence-corrected chi connectivity index (χ3v) is 11.5. The predicted molar refractivity (Wildman–Crippen MR) is 122 cm³/mol. The lowest BCUT2D eigenvalue weighted by Gasteiger charge is -2.43. The molecule has 0 amide bonds. The van der Waals surface area contributed by atoms with Crippen LogP contribution in [-0.2, 0) is 4.57 Å². The summed E-state index contributed by atoms with van der Waals surface area (Å²) in [5.74, 6) is -19.6. The summed E-state index contributed by atoms with van der Waals surface area (Å²) in [5, 5.41) is -0.0170. The summed E-state index contributed by atoms with van der Waals surface area (Å²) in [4.78, 5) is 0. The van der Waals surface area contributed by atoms with Gasteiger partial charge in [0.2, 0.25) is 0 Å². The molecule has 0 aromatic heterocycles. The van der Waals surface area contributed by atoms with E-state index in [1.165, 1.54) is 74.5 Å². The van der Waals surface area contributed by atoms with Crippen molar-refractivity contribution in [1.29, 1.82) is 0 Å². The second-order valence-electron chi connectivity index (χ2n) is 8.52. The van der Waals surface area contributed by atoms with Crippen LogP contribution < -0.4 is 10.6 Å². The van der Waals surface area contributed by atoms with E-state index in [1.54, 1.807) is 22.6 Å². The molecular weight excluding hydrogens is 609 g/mol. The smallest absolute Gasteiger partial charge is 0.313 e. The van der Waals surface area contributed by atoms with Gasteiger partial charge in [-0.05, 0) is 5.41 Å². The third kappa shape index (κ3) is 5.01. The third-order valence-electron chi connectivity index (χ3n) is 5.62. The molecule has 0 aliphatic rings. The van der Waals surface area contributed by atoms with Gasteiger partial charge in [-0.25, -0.2) is 0 Å². The van der Waals surface area contributed by atoms with Gasteiger partial charge in [-0.3, -0.25) is 0 Å². The van der Waals surface area contributed by atoms with Gasteiger partial charge in [0, 0.05) is 27.1 Å². The van der Waals surface area contributed by atoms with E-state index in [1.807, 2.05) is 0 Å². The summed E-state index contributed by atoms with van der Waals surface area (Å²) < 4.78 is 138. The summed E-state index contributed by atoms with van der Waals surface area (Å²) in [7, 11) is -4.28. The van der Waals surface area contributed by atoms with Crippen LogP contribution in [0.4, 0.5) is 39.5 Å². The maximum atomic E-state index is 14.9. The van der Waals surface area contributed by atoms with E-state index < -0.39 is 48.6 Å². The van der Waals surface area contributed by atoms with Crippen LogP contribution in [0.2, 0.25) is 0 Å². The summed E-state index contributed by atoms with van der Waals surface area (Å²) in [6, 6.07) is 14.1. The van der Waals surface area contributed by atoms with E-state index >= 15 is 0 Å². The van der Waals surface area contributed by atoms with E-state index in [0.29, 0.717) is 0 Å². The normalized spacial score (nSPS) is 15.3. The Balaban J connectivity index is 2.78. The zero-order valence-electron chi connectivity index (χ0n) is 17.9. The topological polar surface area (TPSA) is 17.1 Å². The van der Waals surface area contributed by atoms with Gasteiger partial charge in [0.1, 0.15) is 7.14 Å². The van der Waals surface area contributed by atoms with Crippen molar-refractivity contribution in [3.05, 3.63) is 60.7 Å². The number of halogens is 10. The largest absolute Gasteiger partial charge is 0.460 e. The van der Waals surface area contributed by atoms with Crippen molar-refractivity contribution >= 4 is 40.3 Å². The Labute approximate surface area is 204 Å². The maximum Gasteiger partial charge on any atom is 0.460 e. The van der Waals surface area contributed by atoms with E-state index in [-0.39, 0.29) is 15.0 Å². The highest BCUT2D eigenvalue weighted by Crippen LogP contribution is 2.62. The Kier molecular flexibility index (Phi) is 8.25. The van der Waals surface area contributed by atoms with Gasteiger partial charge in [0.15, 0.2) is 0 Å². The van der Waals surface area contributed by atoms with Crippen molar-refractivity contribution in [3.63, 3.8) is 0 Å². The van der Waals surface area contributed by atoms with Crippen molar-refractivity contribution in [2.45, 2.75) is 49.9 Å². The van der Waals surface area contributed by atoms with Crippen molar-refractivity contribution < 1.29 is 44.1 Å². The van der Waals surface area contributed by atoms with Crippen LogP contribution in [0.15, 0.2) is 60.7 Å². The standard InChI is InChI=1S/C22H21F9IOP/c1-18(2,14-32)17(13-19(23,24)20(25,26)21(27,28)22(29,30)31)34(33,15-9-5-3-6-10-15)16-11-7-4-8-12-16/h3-12,17H,13-14H2,1-2H3. The number of hydrogen-bond acceptors (Lipinski definition) is 1. The van der Waals surface area contributed by atoms with E-state index in [0.717, 1.165) is 0 Å². The van der Waals surface area contributed by atoms with Gasteiger partial charge >= 0.3 is 23.9 Å². The van der Waals surface area contributed by atoms with Gasteiger partial charge in [0.05, 0.1) is 0 Å². The molecule has 2 aromatic carbocycles. The highest BCUT2D eigenvalue weighted by molar-refractivity contribution is 14.1. The summed E-state index contributed by atoms with van der Waals surface area (Å²) in [6.45, 7) is 2.66. The second kappa shape index (κ2) is 9.67. The van der Waals surface area contributed by atoms with Crippen LogP contribution in [-0.4, -0.2) is 34.0 Å². The van der Waals surface area contributed by atoms with Gasteiger partial charge < -0.3 is 4.57 Å². The monoisotopic (exact) mass is 630 g/mol. The fourth-order valence-electron chi connectivity index (χ4n) is 3.57. The summed E-state index contributed by atoms with van der Waals surface area (Å²) in [5.41, 5.74) is -3.35. The number of rotatable bonds is 9. The zero-order valence-corrected chi connectivity index (χ0v) is 21.0. The van der Waals surface area contributed by atoms with Crippen LogP contribution in [0.5, 0.6) is 0 Å². The molecule has 0 saturated carbocycles. The Morgan fingerprint density at radius 2 is 1.12 bits per heavy atom. The first-order valence-electron chi connectivity index (χ1n) is 9.83. The van der Waals surface area contributed by atoms with Crippen LogP contribution in [0.3, 0.4) is 0 Å². The molecule has 0 heterocycles. The zero-order chi connectivity index (χ0) is 26.2. The Hall–Kier alpha value is -1.23. The molecule has 0 saturated heterocycles. The quantitative estimate of drug-likeness (QED) is 0.120. The lowest BCUT2D eigenvalue weighted by atomic mass is 9.86. The van der Waals surface area contributed by atoms with Crippen LogP contribution in [0, 0.1) is 5.41 Å². The van der Waals surface area contributed by atoms with Gasteiger partial charge in [-0.1, -0.05) is 97.1 Å². The fourth-order valence-corrected chi connectivity index (χ4v) is 8.26. The first-order valence-corrected chi connectivity index (χ1v) is 13.1. The first-order chi connectivity index (χ1) is 15.4. The van der Waals surface area contributed by atoms with Crippen molar-refractivity contribution in [1.82, 2.24) is 0 Å². The molecule has 190 valence electrons. The molecule has 0 fully saturated rings. The average Bonchev–Trinajstić information content (AvgIpc) is 2.77. The first kappa shape index (κ1) is 29.0. The molecule has 0 radical (unpaired) electrons. The minimum absolute atomic E-state index is 0.00850. The number of hydrogen-bond donors (Lipinski definition) is 0. The molecule has 1 atom stereocenters. The lowest BCUT2D eigenvalue weighted by molar-refractivity contribution is -0.397. The van der Waals surface area contributed by atoms with Crippen molar-refractivity contribution in [2.75, 3.05) is 4.43 Å². The summed E-state index contributed by atoms with van der Waals surface area (Å²) >= 11 is 1.74. The highest BCUT2D eigenvalue weighted by atomic mass is 127. The average molecular weight is 630 g/mol. The van der Waals surface area contributed by atoms with Crippen molar-refractivity contribution in [2.24, 2.45) is 5.41 Å². The molecule has 0 bridgehead atoms. The molecule has 34 heavy (non-hydrogen) atoms. The summed E-state index contributed by atoms with van der Waals surface area (Å²) in [6.07, 6.45) is -9.08. The molecule has 1 unspecified atom stereocenters. The van der Waals surface area contributed by atoms with Crippen LogP contribution >= 0.6 is 29.7 Å². The molecule has 0 aliphatic carbocycles. The lowest BCUT2D eigenvalue weighted by Crippen LogP contribution is -2.62. The molecule has 0 N–H and O–H groups in total. The number of alkyl halides is 10. The highest BCUT2D eigenvalue weighted by Gasteiger charge is 2.82. The maximum absolute atomic E-state index is 14.9. The molecule has 0 aliphatic heterocycles. The van der Waals surface area contributed by atoms with Crippen LogP contribution in [0.1, 0.15) is 20.3 Å². The predicted octanol–water partition coefficient (Wildman–Crippen LogP) is 7.69. The SMILES string of the molecule is CC(C)(CI)C(CC(F)(F)C(F)(F)C(F)(F)C(F)(F)F)P(=O)(c1ccccc1)c1ccccc1. The van der Waals surface area contributed by atoms with Crippen molar-refractivity contribution in [3.8, 4) is 0 Å². The molecule has 12 heteroatoms. The Bertz CT molecular complexity index is 965. The van der Waals surface area contributed by atoms with Gasteiger partial charge in [-0.15, -0.1) is 0 Å². The van der Waals surface area contributed by atoms with Gasteiger partial charge in [-0.2, -0.15) is 39.5 Å². The molecule has 0 spiro atoms. The van der Waals surface area contributed by atoms with E-state index in [2.05, 4.69) is 0 Å². The Morgan fingerprint density at radius 1 is 0.735 bits per heavy atom. The molecule has 2 aromatic rings. The molecule has 1 nitrogen and oxygen atoms in total. The van der Waals surface area contributed by atoms with Crippen LogP contribution in [0.25, 0.3) is 0 Å². The Morgan fingerprint density at radius 3 is 1.44 bits per heavy atom. The number of benzene rings is 2. The van der Waals surface area contributed by atoms with Gasteiger partial charge in [0.25, 0.3) is 0 Å². The van der Waals surface area contributed by atoms with E-state index in [9.17, 15) is 44.1 Å². The van der Waals surface area contributed by atoms with E-state index in [4.69, 9.17) is 0 Å². The fraction of sp³-hybridized carbons (Fsp3) is 0.455. The minimum atomic E-state index is -7.01.